The van der Waals surface area contributed by atoms with Crippen molar-refractivity contribution >= 4 is 40.3 Å². The molecule has 0 unspecified atom stereocenters. The molecule has 0 bridgehead atoms. The third kappa shape index (κ3) is 4.38. The molecule has 3 aliphatic rings. The maximum Gasteiger partial charge on any atom is 0.266 e. The molecule has 3 aliphatic heterocycles. The Morgan fingerprint density at radius 3 is 2.55 bits per heavy atom. The number of fused-ring (bicyclic) bond motifs is 1. The molecule has 33 heavy (non-hydrogen) atoms. The van der Waals surface area contributed by atoms with Crippen LogP contribution in [0.15, 0.2) is 46.3 Å². The van der Waals surface area contributed by atoms with Gasteiger partial charge in [0.05, 0.1) is 30.9 Å². The topological polar surface area (TPSA) is 72.8 Å². The number of hydrogen-bond donors (Lipinski definition) is 0. The zero-order valence-electron chi connectivity index (χ0n) is 18.6. The van der Waals surface area contributed by atoms with Gasteiger partial charge in [-0.05, 0) is 55.1 Å². The summed E-state index contributed by atoms with van der Waals surface area (Å²) >= 11 is 1.36. The van der Waals surface area contributed by atoms with Crippen LogP contribution in [-0.4, -0.2) is 62.7 Å². The van der Waals surface area contributed by atoms with E-state index in [9.17, 15) is 4.79 Å². The fourth-order valence-electron chi connectivity index (χ4n) is 3.91. The van der Waals surface area contributed by atoms with Crippen molar-refractivity contribution in [2.75, 3.05) is 51.7 Å². The lowest BCUT2D eigenvalue weighted by Gasteiger charge is -2.28. The van der Waals surface area contributed by atoms with Crippen LogP contribution >= 0.6 is 11.8 Å². The number of amides is 1. The summed E-state index contributed by atoms with van der Waals surface area (Å²) in [5, 5.41) is 0.660. The van der Waals surface area contributed by atoms with Gasteiger partial charge in [-0.3, -0.25) is 9.69 Å². The van der Waals surface area contributed by atoms with Gasteiger partial charge >= 0.3 is 0 Å². The molecule has 5 rings (SSSR count). The molecule has 0 radical (unpaired) electrons. The second-order valence-corrected chi connectivity index (χ2v) is 8.63. The molecule has 0 saturated carbocycles. The maximum atomic E-state index is 13.1. The number of hydrogen-bond acceptors (Lipinski definition) is 8. The van der Waals surface area contributed by atoms with Gasteiger partial charge in [0.1, 0.15) is 5.75 Å². The van der Waals surface area contributed by atoms with E-state index in [0.717, 1.165) is 43.2 Å². The quantitative estimate of drug-likeness (QED) is 0.618. The first-order valence-electron chi connectivity index (χ1n) is 10.9. The van der Waals surface area contributed by atoms with Crippen molar-refractivity contribution in [2.45, 2.75) is 6.92 Å². The van der Waals surface area contributed by atoms with Gasteiger partial charge in [0, 0.05) is 37.0 Å². The van der Waals surface area contributed by atoms with E-state index in [-0.39, 0.29) is 12.7 Å². The summed E-state index contributed by atoms with van der Waals surface area (Å²) in [4.78, 5) is 22.4. The number of thioether (sulfide) groups is 1. The van der Waals surface area contributed by atoms with Crippen LogP contribution in [0.2, 0.25) is 0 Å². The number of methoxy groups -OCH3 is 1. The van der Waals surface area contributed by atoms with E-state index in [1.807, 2.05) is 31.2 Å². The number of amidine groups is 1. The highest BCUT2D eigenvalue weighted by Gasteiger charge is 2.32. The normalized spacial score (nSPS) is 20.2. The Labute approximate surface area is 196 Å². The van der Waals surface area contributed by atoms with E-state index >= 15 is 0 Å². The number of carbonyl (C=O) groups excluding carboxylic acids is 1. The van der Waals surface area contributed by atoms with Gasteiger partial charge in [0.25, 0.3) is 5.91 Å². The SMILES string of the molecule is CCN1C(=O)C(=Cc2cc3c(cc2OC)OCO3)SC1=Nc1ccc(N2CCOCC2)cc1. The number of anilines is 1. The molecule has 172 valence electrons. The van der Waals surface area contributed by atoms with E-state index < -0.39 is 0 Å². The summed E-state index contributed by atoms with van der Waals surface area (Å²) in [6, 6.07) is 11.7. The Hall–Kier alpha value is -3.17. The van der Waals surface area contributed by atoms with Crippen LogP contribution in [0.5, 0.6) is 17.2 Å². The van der Waals surface area contributed by atoms with Crippen LogP contribution < -0.4 is 19.1 Å². The van der Waals surface area contributed by atoms with Crippen LogP contribution in [0.4, 0.5) is 11.4 Å². The van der Waals surface area contributed by atoms with Crippen molar-refractivity contribution < 1.29 is 23.7 Å². The fraction of sp³-hybridized carbons (Fsp3) is 0.333. The molecule has 8 nitrogen and oxygen atoms in total. The number of ether oxygens (including phenoxy) is 4. The van der Waals surface area contributed by atoms with Crippen LogP contribution in [0.1, 0.15) is 12.5 Å². The van der Waals surface area contributed by atoms with Gasteiger partial charge in [-0.2, -0.15) is 0 Å². The molecular weight excluding hydrogens is 442 g/mol. The number of morpholine rings is 1. The molecule has 2 aromatic rings. The number of rotatable bonds is 5. The second-order valence-electron chi connectivity index (χ2n) is 7.62. The summed E-state index contributed by atoms with van der Waals surface area (Å²) in [7, 11) is 1.59. The first kappa shape index (κ1) is 21.7. The Morgan fingerprint density at radius 2 is 1.85 bits per heavy atom. The van der Waals surface area contributed by atoms with Gasteiger partial charge in [0.2, 0.25) is 6.79 Å². The van der Waals surface area contributed by atoms with Crippen molar-refractivity contribution in [3.8, 4) is 17.2 Å². The van der Waals surface area contributed by atoms with Crippen molar-refractivity contribution in [3.63, 3.8) is 0 Å². The van der Waals surface area contributed by atoms with Gasteiger partial charge in [-0.25, -0.2) is 4.99 Å². The maximum absolute atomic E-state index is 13.1. The predicted octanol–water partition coefficient (Wildman–Crippen LogP) is 3.88. The molecule has 3 heterocycles. The lowest BCUT2D eigenvalue weighted by Crippen LogP contribution is -2.36. The van der Waals surface area contributed by atoms with Crippen molar-refractivity contribution in [2.24, 2.45) is 4.99 Å². The molecule has 1 amide bonds. The average molecular weight is 468 g/mol. The highest BCUT2D eigenvalue weighted by Crippen LogP contribution is 2.41. The number of likely N-dealkylation sites (N-methyl/N-ethyl adjacent to an activating group) is 1. The Morgan fingerprint density at radius 1 is 1.12 bits per heavy atom. The third-order valence-corrected chi connectivity index (χ3v) is 6.67. The first-order chi connectivity index (χ1) is 16.2. The van der Waals surface area contributed by atoms with Gasteiger partial charge in [-0.15, -0.1) is 0 Å². The molecular formula is C24H25N3O5S. The lowest BCUT2D eigenvalue weighted by molar-refractivity contribution is -0.122. The van der Waals surface area contributed by atoms with E-state index in [2.05, 4.69) is 17.0 Å². The van der Waals surface area contributed by atoms with E-state index in [1.54, 1.807) is 18.1 Å². The summed E-state index contributed by atoms with van der Waals surface area (Å²) in [6.07, 6.45) is 1.82. The summed E-state index contributed by atoms with van der Waals surface area (Å²) in [6.45, 7) is 5.93. The summed E-state index contributed by atoms with van der Waals surface area (Å²) < 4.78 is 21.8. The van der Waals surface area contributed by atoms with Gasteiger partial charge in [-0.1, -0.05) is 0 Å². The zero-order valence-corrected chi connectivity index (χ0v) is 19.4. The molecule has 9 heteroatoms. The molecule has 0 N–H and O–H groups in total. The molecule has 2 fully saturated rings. The first-order valence-corrected chi connectivity index (χ1v) is 11.7. The van der Waals surface area contributed by atoms with Crippen LogP contribution in [0.25, 0.3) is 6.08 Å². The summed E-state index contributed by atoms with van der Waals surface area (Å²) in [5.41, 5.74) is 2.72. The largest absolute Gasteiger partial charge is 0.496 e. The van der Waals surface area contributed by atoms with E-state index in [4.69, 9.17) is 23.9 Å². The number of benzene rings is 2. The highest BCUT2D eigenvalue weighted by molar-refractivity contribution is 8.18. The van der Waals surface area contributed by atoms with Crippen molar-refractivity contribution in [1.82, 2.24) is 4.90 Å². The molecule has 2 aromatic carbocycles. The monoisotopic (exact) mass is 467 g/mol. The minimum absolute atomic E-state index is 0.0779. The molecule has 0 spiro atoms. The van der Waals surface area contributed by atoms with E-state index in [0.29, 0.717) is 33.9 Å². The number of carbonyl (C=O) groups is 1. The molecule has 0 aliphatic carbocycles. The second kappa shape index (κ2) is 9.36. The van der Waals surface area contributed by atoms with Crippen molar-refractivity contribution in [1.29, 1.82) is 0 Å². The third-order valence-electron chi connectivity index (χ3n) is 5.67. The van der Waals surface area contributed by atoms with Crippen LogP contribution in [0.3, 0.4) is 0 Å². The minimum atomic E-state index is -0.0779. The Balaban J connectivity index is 1.40. The molecule has 2 saturated heterocycles. The highest BCUT2D eigenvalue weighted by atomic mass is 32.2. The lowest BCUT2D eigenvalue weighted by atomic mass is 10.1. The Bertz CT molecular complexity index is 1110. The molecule has 0 aromatic heterocycles. The number of nitrogens with zero attached hydrogens (tertiary/aromatic N) is 3. The van der Waals surface area contributed by atoms with Crippen LogP contribution in [0, 0.1) is 0 Å². The summed E-state index contributed by atoms with van der Waals surface area (Å²) in [5.74, 6) is 1.82. The Kier molecular flexibility index (Phi) is 6.15. The van der Waals surface area contributed by atoms with Gasteiger partial charge in [0.15, 0.2) is 16.7 Å². The number of aliphatic imine (C=N–C) groups is 1. The zero-order chi connectivity index (χ0) is 22.8. The van der Waals surface area contributed by atoms with Crippen molar-refractivity contribution in [3.05, 3.63) is 46.9 Å². The van der Waals surface area contributed by atoms with E-state index in [1.165, 1.54) is 11.8 Å². The minimum Gasteiger partial charge on any atom is -0.496 e. The molecule has 0 atom stereocenters. The van der Waals surface area contributed by atoms with Gasteiger partial charge < -0.3 is 23.8 Å². The smallest absolute Gasteiger partial charge is 0.266 e. The van der Waals surface area contributed by atoms with Crippen LogP contribution in [-0.2, 0) is 9.53 Å². The fourth-order valence-corrected chi connectivity index (χ4v) is 4.96. The average Bonchev–Trinajstić information content (AvgIpc) is 3.43. The standard InChI is InChI=1S/C24H25N3O5S/c1-3-27-23(28)22(13-16-12-20-21(32-15-31-20)14-19(16)29-2)33-24(27)25-17-4-6-18(7-5-17)26-8-10-30-11-9-26/h4-7,12-14H,3,8-11,15H2,1-2H3. The predicted molar refractivity (Wildman–Crippen MR) is 129 cm³/mol.